The van der Waals surface area contributed by atoms with Crippen LogP contribution in [0.5, 0.6) is 0 Å². The van der Waals surface area contributed by atoms with Gasteiger partial charge in [0.15, 0.2) is 5.82 Å². The van der Waals surface area contributed by atoms with Crippen LogP contribution in [0.2, 0.25) is 0 Å². The first-order valence-electron chi connectivity index (χ1n) is 10.8. The second-order valence-corrected chi connectivity index (χ2v) is 9.72. The summed E-state index contributed by atoms with van der Waals surface area (Å²) in [6.45, 7) is 3.03. The lowest BCUT2D eigenvalue weighted by Crippen LogP contribution is -2.47. The number of benzene rings is 1. The van der Waals surface area contributed by atoms with E-state index in [9.17, 15) is 8.60 Å². The maximum absolute atomic E-state index is 13.7. The Labute approximate surface area is 194 Å². The van der Waals surface area contributed by atoms with Crippen molar-refractivity contribution in [1.82, 2.24) is 20.2 Å². The fourth-order valence-electron chi connectivity index (χ4n) is 4.16. The van der Waals surface area contributed by atoms with Gasteiger partial charge in [0.2, 0.25) is 5.95 Å². The minimum Gasteiger partial charge on any atom is -0.375 e. The molecule has 1 aromatic carbocycles. The van der Waals surface area contributed by atoms with E-state index in [1.165, 1.54) is 12.1 Å². The van der Waals surface area contributed by atoms with Gasteiger partial charge in [-0.15, -0.1) is 0 Å². The van der Waals surface area contributed by atoms with Gasteiger partial charge in [0.1, 0.15) is 10.7 Å². The second kappa shape index (κ2) is 8.89. The maximum atomic E-state index is 13.7. The molecule has 2 aliphatic rings. The number of halogens is 1. The predicted octanol–water partition coefficient (Wildman–Crippen LogP) is 2.21. The summed E-state index contributed by atoms with van der Waals surface area (Å²) >= 11 is 0. The Balaban J connectivity index is 1.39. The van der Waals surface area contributed by atoms with Gasteiger partial charge in [0.25, 0.3) is 0 Å². The molecule has 1 atom stereocenters. The molecule has 0 spiro atoms. The van der Waals surface area contributed by atoms with Gasteiger partial charge in [-0.1, -0.05) is 6.07 Å². The fraction of sp³-hybridized carbons (Fsp3) is 0.364. The van der Waals surface area contributed by atoms with E-state index in [1.807, 2.05) is 19.0 Å². The van der Waals surface area contributed by atoms with Crippen LogP contribution in [0.25, 0.3) is 0 Å². The van der Waals surface area contributed by atoms with Gasteiger partial charge in [-0.05, 0) is 18.2 Å². The molecular weight excluding hydrogens is 443 g/mol. The first-order valence-corrected chi connectivity index (χ1v) is 12.1. The predicted molar refractivity (Wildman–Crippen MR) is 127 cm³/mol. The second-order valence-electron chi connectivity index (χ2n) is 8.21. The van der Waals surface area contributed by atoms with E-state index in [0.29, 0.717) is 34.5 Å². The van der Waals surface area contributed by atoms with Crippen LogP contribution in [0.1, 0.15) is 5.69 Å². The summed E-state index contributed by atoms with van der Waals surface area (Å²) in [5, 5.41) is 11.2. The lowest BCUT2D eigenvalue weighted by molar-refractivity contribution is 0.628. The Morgan fingerprint density at radius 1 is 1.06 bits per heavy atom. The van der Waals surface area contributed by atoms with Crippen molar-refractivity contribution in [2.45, 2.75) is 11.3 Å². The summed E-state index contributed by atoms with van der Waals surface area (Å²) in [6.07, 6.45) is 4.22. The molecule has 4 heterocycles. The number of rotatable bonds is 5. The molecule has 1 saturated heterocycles. The van der Waals surface area contributed by atoms with Crippen LogP contribution in [0.3, 0.4) is 0 Å². The van der Waals surface area contributed by atoms with Crippen LogP contribution in [0, 0.1) is 5.82 Å². The van der Waals surface area contributed by atoms with E-state index < -0.39 is 10.8 Å². The third-order valence-corrected chi connectivity index (χ3v) is 7.30. The lowest BCUT2D eigenvalue weighted by atomic mass is 10.2. The minimum atomic E-state index is -1.16. The van der Waals surface area contributed by atoms with Crippen LogP contribution in [-0.4, -0.2) is 70.4 Å². The quantitative estimate of drug-likeness (QED) is 0.605. The topological polar surface area (TPSA) is 90.4 Å². The van der Waals surface area contributed by atoms with Gasteiger partial charge in [0.05, 0.1) is 40.3 Å². The van der Waals surface area contributed by atoms with Gasteiger partial charge >= 0.3 is 0 Å². The van der Waals surface area contributed by atoms with Crippen LogP contribution in [0.15, 0.2) is 41.6 Å². The third-order valence-electron chi connectivity index (χ3n) is 5.84. The summed E-state index contributed by atoms with van der Waals surface area (Å²) < 4.78 is 26.3. The zero-order valence-corrected chi connectivity index (χ0v) is 19.3. The molecular formula is C22H25FN8OS. The van der Waals surface area contributed by atoms with Crippen LogP contribution in [-0.2, 0) is 17.2 Å². The molecule has 0 saturated carbocycles. The highest BCUT2D eigenvalue weighted by Gasteiger charge is 2.29. The average Bonchev–Trinajstić information content (AvgIpc) is 3.20. The van der Waals surface area contributed by atoms with Crippen LogP contribution in [0.4, 0.5) is 33.2 Å². The lowest BCUT2D eigenvalue weighted by Gasteiger charge is -2.37. The Morgan fingerprint density at radius 2 is 1.82 bits per heavy atom. The van der Waals surface area contributed by atoms with Crippen molar-refractivity contribution in [2.75, 3.05) is 66.0 Å². The Morgan fingerprint density at radius 3 is 2.58 bits per heavy atom. The first kappa shape index (κ1) is 21.5. The molecule has 11 heteroatoms. The number of nitrogens with zero attached hydrogens (tertiary/aromatic N) is 7. The van der Waals surface area contributed by atoms with Gasteiger partial charge in [0, 0.05) is 58.1 Å². The highest BCUT2D eigenvalue weighted by molar-refractivity contribution is 7.85. The van der Waals surface area contributed by atoms with Crippen molar-refractivity contribution < 1.29 is 8.60 Å². The van der Waals surface area contributed by atoms with Crippen molar-refractivity contribution in [3.05, 3.63) is 48.2 Å². The molecule has 0 aliphatic carbocycles. The monoisotopic (exact) mass is 468 g/mol. The van der Waals surface area contributed by atoms with E-state index in [1.54, 1.807) is 24.5 Å². The van der Waals surface area contributed by atoms with Crippen molar-refractivity contribution in [1.29, 1.82) is 0 Å². The number of hydrogen-bond donors (Lipinski definition) is 1. The Kier molecular flexibility index (Phi) is 5.79. The van der Waals surface area contributed by atoms with Crippen molar-refractivity contribution in [2.24, 2.45) is 0 Å². The normalized spacial score (nSPS) is 17.7. The van der Waals surface area contributed by atoms with E-state index in [2.05, 4.69) is 25.3 Å². The smallest absolute Gasteiger partial charge is 0.227 e. The molecule has 9 nitrogen and oxygen atoms in total. The molecule has 33 heavy (non-hydrogen) atoms. The van der Waals surface area contributed by atoms with E-state index in [-0.39, 0.29) is 5.82 Å². The zero-order chi connectivity index (χ0) is 22.9. The van der Waals surface area contributed by atoms with E-state index in [4.69, 9.17) is 9.97 Å². The van der Waals surface area contributed by atoms with Crippen LogP contribution < -0.4 is 20.0 Å². The van der Waals surface area contributed by atoms with Crippen LogP contribution >= 0.6 is 0 Å². The molecule has 0 amide bonds. The van der Waals surface area contributed by atoms with Gasteiger partial charge in [-0.2, -0.15) is 15.2 Å². The van der Waals surface area contributed by atoms with Gasteiger partial charge < -0.3 is 20.0 Å². The van der Waals surface area contributed by atoms with E-state index in [0.717, 1.165) is 43.2 Å². The largest absolute Gasteiger partial charge is 0.375 e. The highest BCUT2D eigenvalue weighted by Crippen LogP contribution is 2.33. The molecule has 5 rings (SSSR count). The molecule has 0 bridgehead atoms. The van der Waals surface area contributed by atoms with Crippen molar-refractivity contribution in [3.63, 3.8) is 0 Å². The highest BCUT2D eigenvalue weighted by atomic mass is 32.2. The van der Waals surface area contributed by atoms with E-state index >= 15 is 0 Å². The molecule has 2 aliphatic heterocycles. The Bertz CT molecular complexity index is 1200. The summed E-state index contributed by atoms with van der Waals surface area (Å²) in [6, 6.07) is 6.18. The molecule has 1 fully saturated rings. The summed E-state index contributed by atoms with van der Waals surface area (Å²) in [5.74, 6) is 1.28. The number of anilines is 5. The molecule has 2 aromatic heterocycles. The molecule has 3 aromatic rings. The maximum Gasteiger partial charge on any atom is 0.227 e. The number of aryl methyl sites for hydroxylation is 1. The summed E-state index contributed by atoms with van der Waals surface area (Å²) in [5.41, 5.74) is 3.44. The van der Waals surface area contributed by atoms with Crippen molar-refractivity contribution >= 4 is 39.6 Å². The molecule has 0 radical (unpaired) electrons. The number of piperazine rings is 1. The number of fused-ring (bicyclic) bond motifs is 1. The molecule has 172 valence electrons. The summed E-state index contributed by atoms with van der Waals surface area (Å²) in [7, 11) is 2.82. The van der Waals surface area contributed by atoms with Crippen molar-refractivity contribution in [3.8, 4) is 0 Å². The minimum absolute atomic E-state index is 0.342. The van der Waals surface area contributed by atoms with Gasteiger partial charge in [-0.25, -0.2) is 9.37 Å². The third kappa shape index (κ3) is 4.32. The first-order chi connectivity index (χ1) is 16.0. The standard InChI is InChI=1S/C22H25FN8OS/c1-29(2)18-13-24-25-14-19(18)30-7-9-31(10-8-30)22-27-17-6-11-33(32)20(17)21(28-22)26-16-5-3-4-15(23)12-16/h3-5,12-14H,6-11H2,1-2H3,(H,26,27,28). The number of hydrogen-bond acceptors (Lipinski definition) is 9. The fourth-order valence-corrected chi connectivity index (χ4v) is 5.46. The summed E-state index contributed by atoms with van der Waals surface area (Å²) in [4.78, 5) is 16.6. The zero-order valence-electron chi connectivity index (χ0n) is 18.5. The van der Waals surface area contributed by atoms with Gasteiger partial charge in [-0.3, -0.25) is 4.21 Å². The molecule has 1 N–H and O–H groups in total. The Hall–Kier alpha value is -3.34. The number of nitrogens with one attached hydrogen (secondary N) is 1. The average molecular weight is 469 g/mol. The SMILES string of the molecule is CN(C)c1cnncc1N1CCN(c2nc3c(c(Nc4cccc(F)c4)n2)S(=O)CC3)CC1. The molecule has 1 unspecified atom stereocenters. The number of aromatic nitrogens is 4.